The third-order valence-corrected chi connectivity index (χ3v) is 5.36. The molecule has 7 heteroatoms. The zero-order valence-electron chi connectivity index (χ0n) is 14.6. The van der Waals surface area contributed by atoms with Gasteiger partial charge >= 0.3 is 28.9 Å². The van der Waals surface area contributed by atoms with Gasteiger partial charge < -0.3 is 0 Å². The van der Waals surface area contributed by atoms with Crippen molar-refractivity contribution in [2.45, 2.75) is 0 Å². The molecule has 0 radical (unpaired) electrons. The first-order chi connectivity index (χ1) is 13.4. The smallest absolute Gasteiger partial charge is 0.142 e. The Kier molecular flexibility index (Phi) is 4.99. The van der Waals surface area contributed by atoms with Crippen molar-refractivity contribution in [1.29, 1.82) is 0 Å². The van der Waals surface area contributed by atoms with Gasteiger partial charge in [0.25, 0.3) is 4.83 Å². The summed E-state index contributed by atoms with van der Waals surface area (Å²) in [6.07, 6.45) is 0. The molecule has 2 aromatic heterocycles. The summed E-state index contributed by atoms with van der Waals surface area (Å²) in [6, 6.07) is 28.0. The molecule has 0 unspecified atom stereocenters. The van der Waals surface area contributed by atoms with E-state index in [9.17, 15) is 0 Å². The van der Waals surface area contributed by atoms with Crippen molar-refractivity contribution in [2.24, 2.45) is 0 Å². The van der Waals surface area contributed by atoms with Crippen LogP contribution in [0.3, 0.4) is 0 Å². The molecule has 5 aromatic rings. The Morgan fingerprint density at radius 3 is 1.93 bits per heavy atom. The average molecular weight is 415 g/mol. The predicted octanol–water partition coefficient (Wildman–Crippen LogP) is 2.60. The van der Waals surface area contributed by atoms with Gasteiger partial charge in [-0.15, -0.1) is 4.40 Å². The van der Waals surface area contributed by atoms with Crippen LogP contribution >= 0.6 is 11.3 Å². The van der Waals surface area contributed by atoms with E-state index < -0.39 is 10.2 Å². The first kappa shape index (κ1) is 18.8. The molecule has 0 atom stereocenters. The van der Waals surface area contributed by atoms with Crippen LogP contribution in [0.15, 0.2) is 84.2 Å². The largest absolute Gasteiger partial charge is 0.276 e. The number of thiazole rings is 1. The molecule has 2 heterocycles. The van der Waals surface area contributed by atoms with Crippen molar-refractivity contribution < 1.29 is 33.3 Å². The second kappa shape index (κ2) is 7.44. The second-order valence-electron chi connectivity index (χ2n) is 6.12. The molecule has 3 N–H and O–H groups in total. The number of rotatable bonds is 1. The third kappa shape index (κ3) is 3.70. The van der Waals surface area contributed by atoms with Crippen LogP contribution in [0.25, 0.3) is 37.8 Å². The van der Waals surface area contributed by atoms with E-state index in [0.29, 0.717) is 0 Å². The maximum Gasteiger partial charge on any atom is 0.276 e. The number of hydrogen-bond acceptors (Lipinski definition) is 5. The minimum Gasteiger partial charge on any atom is -0.142 e. The maximum absolute atomic E-state index is 8.83. The Labute approximate surface area is 166 Å². The van der Waals surface area contributed by atoms with Crippen LogP contribution in [0.2, 0.25) is 0 Å². The molecule has 0 aliphatic rings. The predicted molar refractivity (Wildman–Crippen MR) is 105 cm³/mol. The third-order valence-electron chi connectivity index (χ3n) is 4.39. The molecule has 0 amide bonds. The van der Waals surface area contributed by atoms with Gasteiger partial charge in [0, 0.05) is 17.0 Å². The summed E-state index contributed by atoms with van der Waals surface area (Å²) in [4.78, 5) is 1.30. The SMILES string of the molecule is [O-][Cl+](O)(O)O.c1ccc(-c2csc3c4ccccc4c4ccccc4[n+]23)cc1. The molecule has 3 aromatic carbocycles. The van der Waals surface area contributed by atoms with Crippen molar-refractivity contribution in [3.63, 3.8) is 0 Å². The summed E-state index contributed by atoms with van der Waals surface area (Å²) in [5, 5.41) is 6.21. The van der Waals surface area contributed by atoms with Crippen molar-refractivity contribution >= 4 is 37.8 Å². The summed E-state index contributed by atoms with van der Waals surface area (Å²) in [5.74, 6) is 0. The fourth-order valence-corrected chi connectivity index (χ4v) is 4.43. The zero-order valence-corrected chi connectivity index (χ0v) is 16.1. The number of pyridine rings is 1. The Morgan fingerprint density at radius 1 is 0.714 bits per heavy atom. The van der Waals surface area contributed by atoms with Gasteiger partial charge in [0.1, 0.15) is 0 Å². The van der Waals surface area contributed by atoms with E-state index in [1.54, 1.807) is 0 Å². The van der Waals surface area contributed by atoms with Gasteiger partial charge in [0.05, 0.1) is 16.2 Å². The second-order valence-corrected chi connectivity index (χ2v) is 7.85. The van der Waals surface area contributed by atoms with Crippen LogP contribution in [-0.2, 0) is 0 Å². The summed E-state index contributed by atoms with van der Waals surface area (Å²) in [6.45, 7) is 0. The van der Waals surface area contributed by atoms with E-state index in [2.05, 4.69) is 88.6 Å². The van der Waals surface area contributed by atoms with E-state index in [1.807, 2.05) is 11.3 Å². The number of nitrogens with zero attached hydrogens (tertiary/aromatic N) is 1. The van der Waals surface area contributed by atoms with Gasteiger partial charge in [-0.1, -0.05) is 59.9 Å². The number of hydrogen-bond donors (Lipinski definition) is 3. The number of benzene rings is 3. The van der Waals surface area contributed by atoms with E-state index in [0.717, 1.165) is 0 Å². The van der Waals surface area contributed by atoms with E-state index >= 15 is 0 Å². The van der Waals surface area contributed by atoms with Crippen molar-refractivity contribution in [1.82, 2.24) is 0 Å². The molecule has 0 bridgehead atoms. The zero-order chi connectivity index (χ0) is 19.7. The Hall–Kier alpha value is -2.58. The van der Waals surface area contributed by atoms with Crippen LogP contribution in [0, 0.1) is 10.2 Å². The number of aromatic nitrogens is 1. The van der Waals surface area contributed by atoms with Crippen LogP contribution in [-0.4, -0.2) is 14.0 Å². The quantitative estimate of drug-likeness (QED) is 0.290. The molecule has 0 fully saturated rings. The Morgan fingerprint density at radius 2 is 1.25 bits per heavy atom. The molecule has 0 aliphatic carbocycles. The van der Waals surface area contributed by atoms with Crippen LogP contribution in [0.5, 0.6) is 0 Å². The van der Waals surface area contributed by atoms with Crippen molar-refractivity contribution in [2.75, 3.05) is 0 Å². The fraction of sp³-hybridized carbons (Fsp3) is 0. The van der Waals surface area contributed by atoms with Crippen LogP contribution in [0.1, 0.15) is 0 Å². The number of fused-ring (bicyclic) bond motifs is 6. The van der Waals surface area contributed by atoms with Gasteiger partial charge in [-0.25, -0.2) is 0 Å². The molecule has 0 aliphatic heterocycles. The number of para-hydroxylation sites is 1. The summed E-state index contributed by atoms with van der Waals surface area (Å²) >= 11 is 1.82. The average Bonchev–Trinajstić information content (AvgIpc) is 3.13. The molecule has 28 heavy (non-hydrogen) atoms. The standard InChI is InChI=1S/C21H14NS.ClH3O4/c1-2-8-15(9-3-1)20-14-23-21-18-12-5-4-10-16(18)17-11-6-7-13-19(17)22(20)21;2-1(3,4)5/h1-14H;2-4H/q+1;. The molecule has 0 saturated heterocycles. The first-order valence-corrected chi connectivity index (χ1v) is 10.6. The van der Waals surface area contributed by atoms with Crippen molar-refractivity contribution in [3.8, 4) is 11.3 Å². The van der Waals surface area contributed by atoms with Crippen LogP contribution < -0.4 is 9.06 Å². The van der Waals surface area contributed by atoms with Crippen LogP contribution in [0.4, 0.5) is 0 Å². The summed E-state index contributed by atoms with van der Waals surface area (Å²) in [5.41, 5.74) is 3.78. The fourth-order valence-electron chi connectivity index (χ4n) is 3.36. The van der Waals surface area contributed by atoms with Gasteiger partial charge in [0.2, 0.25) is 11.2 Å². The van der Waals surface area contributed by atoms with E-state index in [1.165, 1.54) is 37.8 Å². The molecular formula is C21H17ClNO4S+. The van der Waals surface area contributed by atoms with Gasteiger partial charge in [-0.3, -0.25) is 0 Å². The molecule has 142 valence electrons. The minimum absolute atomic E-state index is 1.25. The maximum atomic E-state index is 8.83. The normalized spacial score (nSPS) is 12.1. The molecular weight excluding hydrogens is 398 g/mol. The van der Waals surface area contributed by atoms with E-state index in [4.69, 9.17) is 18.6 Å². The minimum atomic E-state index is -4.19. The molecule has 5 nitrogen and oxygen atoms in total. The molecule has 5 rings (SSSR count). The Bertz CT molecular complexity index is 1260. The summed E-state index contributed by atoms with van der Waals surface area (Å²) in [7, 11) is -4.19. The molecule has 0 saturated carbocycles. The summed E-state index contributed by atoms with van der Waals surface area (Å²) < 4.78 is 32.6. The topological polar surface area (TPSA) is 87.8 Å². The molecule has 0 spiro atoms. The number of halogens is 1. The van der Waals surface area contributed by atoms with Gasteiger partial charge in [0.15, 0.2) is 0 Å². The van der Waals surface area contributed by atoms with Crippen molar-refractivity contribution in [3.05, 3.63) is 84.2 Å². The Balaban J connectivity index is 0.000000346. The van der Waals surface area contributed by atoms with Gasteiger partial charge in [-0.2, -0.15) is 0 Å². The monoisotopic (exact) mass is 414 g/mol. The van der Waals surface area contributed by atoms with Gasteiger partial charge in [-0.05, 0) is 24.3 Å². The first-order valence-electron chi connectivity index (χ1n) is 8.38. The van der Waals surface area contributed by atoms with E-state index in [-0.39, 0.29) is 0 Å².